The Labute approximate surface area is 342 Å². The normalized spacial score (nSPS) is 14.2. The predicted molar refractivity (Wildman–Crippen MR) is 246 cm³/mol. The highest BCUT2D eigenvalue weighted by molar-refractivity contribution is 6.00. The number of benzene rings is 8. The van der Waals surface area contributed by atoms with Crippen molar-refractivity contribution in [2.75, 3.05) is 0 Å². The zero-order valence-corrected chi connectivity index (χ0v) is 32.5. The maximum absolute atomic E-state index is 5.35. The summed E-state index contributed by atoms with van der Waals surface area (Å²) in [6.45, 7) is 2.28. The average molecular weight is 755 g/mol. The van der Waals surface area contributed by atoms with Gasteiger partial charge in [0.25, 0.3) is 0 Å². The molecule has 2 heterocycles. The summed E-state index contributed by atoms with van der Waals surface area (Å²) in [4.78, 5) is 21.0. The molecular formula is C55H38N4. The first-order chi connectivity index (χ1) is 29.1. The minimum absolute atomic E-state index is 0.163. The van der Waals surface area contributed by atoms with E-state index >= 15 is 0 Å². The average Bonchev–Trinajstić information content (AvgIpc) is 3.30. The number of para-hydroxylation sites is 2. The van der Waals surface area contributed by atoms with Crippen LogP contribution >= 0.6 is 0 Å². The molecule has 0 bridgehead atoms. The monoisotopic (exact) mass is 754 g/mol. The van der Waals surface area contributed by atoms with Crippen LogP contribution in [-0.4, -0.2) is 19.9 Å². The van der Waals surface area contributed by atoms with Gasteiger partial charge in [0, 0.05) is 21.9 Å². The fourth-order valence-electron chi connectivity index (χ4n) is 8.82. The van der Waals surface area contributed by atoms with Gasteiger partial charge in [0.2, 0.25) is 0 Å². The summed E-state index contributed by atoms with van der Waals surface area (Å²) < 4.78 is 0. The molecule has 1 aliphatic carbocycles. The number of nitrogens with zero attached hydrogens (tertiary/aromatic N) is 4. The van der Waals surface area contributed by atoms with Crippen LogP contribution in [0.4, 0.5) is 0 Å². The molecule has 1 unspecified atom stereocenters. The summed E-state index contributed by atoms with van der Waals surface area (Å²) in [5, 5.41) is 7.01. The number of hydrogen-bond acceptors (Lipinski definition) is 4. The number of aromatic nitrogens is 4. The van der Waals surface area contributed by atoms with Crippen molar-refractivity contribution in [3.05, 3.63) is 206 Å². The molecule has 0 aliphatic heterocycles. The Hall–Kier alpha value is -7.56. The van der Waals surface area contributed by atoms with Gasteiger partial charge in [0.15, 0.2) is 11.6 Å². The molecule has 0 saturated carbocycles. The van der Waals surface area contributed by atoms with Crippen LogP contribution in [0.15, 0.2) is 194 Å². The molecule has 8 aromatic carbocycles. The number of rotatable bonds is 6. The Morgan fingerprint density at radius 3 is 1.51 bits per heavy atom. The summed E-state index contributed by atoms with van der Waals surface area (Å²) in [6, 6.07) is 64.2. The van der Waals surface area contributed by atoms with Crippen molar-refractivity contribution >= 4 is 54.5 Å². The van der Waals surface area contributed by atoms with Crippen LogP contribution < -0.4 is 0 Å². The lowest BCUT2D eigenvalue weighted by Crippen LogP contribution is -2.09. The van der Waals surface area contributed by atoms with Crippen LogP contribution in [-0.2, 0) is 0 Å². The highest BCUT2D eigenvalue weighted by Gasteiger charge is 2.24. The van der Waals surface area contributed by atoms with Crippen LogP contribution in [0.1, 0.15) is 24.9 Å². The second-order valence-electron chi connectivity index (χ2n) is 15.5. The molecule has 1 atom stereocenters. The summed E-state index contributed by atoms with van der Waals surface area (Å²) in [7, 11) is 0. The standard InChI is InChI=1S/C55H38N4/c1-35-32-42(55-56-50-28-8-6-24-48(50)52(58-55)40-20-10-18-38(33-40)46-26-12-16-36-14-2-4-22-44(36)46)30-31-43(35)53-49-25-7-9-29-51(49)57-54(59-53)41-21-11-19-39(34-41)47-27-13-17-37-15-3-5-23-45(37)47/h2-31,33-35H,32H2,1H3. The third kappa shape index (κ3) is 6.27. The second-order valence-corrected chi connectivity index (χ2v) is 15.5. The molecule has 59 heavy (non-hydrogen) atoms. The van der Waals surface area contributed by atoms with Crippen LogP contribution in [0.25, 0.3) is 99.4 Å². The first-order valence-corrected chi connectivity index (χ1v) is 20.3. The first kappa shape index (κ1) is 34.7. The van der Waals surface area contributed by atoms with E-state index in [0.717, 1.165) is 73.5 Å². The van der Waals surface area contributed by atoms with Crippen LogP contribution in [0.3, 0.4) is 0 Å². The van der Waals surface area contributed by atoms with Gasteiger partial charge in [-0.25, -0.2) is 19.9 Å². The molecular weight excluding hydrogens is 717 g/mol. The first-order valence-electron chi connectivity index (χ1n) is 20.3. The summed E-state index contributed by atoms with van der Waals surface area (Å²) in [5.41, 5.74) is 12.8. The fraction of sp³-hybridized carbons (Fsp3) is 0.0545. The highest BCUT2D eigenvalue weighted by Crippen LogP contribution is 2.40. The summed E-state index contributed by atoms with van der Waals surface area (Å²) in [6.07, 6.45) is 5.21. The third-order valence-corrected chi connectivity index (χ3v) is 11.7. The molecule has 1 aliphatic rings. The quantitative estimate of drug-likeness (QED) is 0.170. The van der Waals surface area contributed by atoms with Gasteiger partial charge in [-0.1, -0.05) is 177 Å². The van der Waals surface area contributed by atoms with E-state index < -0.39 is 0 Å². The lowest BCUT2D eigenvalue weighted by molar-refractivity contribution is 0.762. The Morgan fingerprint density at radius 2 is 0.864 bits per heavy atom. The maximum atomic E-state index is 5.35. The zero-order valence-electron chi connectivity index (χ0n) is 32.5. The molecule has 2 aromatic heterocycles. The molecule has 0 N–H and O–H groups in total. The van der Waals surface area contributed by atoms with E-state index in [4.69, 9.17) is 19.9 Å². The van der Waals surface area contributed by atoms with Gasteiger partial charge >= 0.3 is 0 Å². The third-order valence-electron chi connectivity index (χ3n) is 11.7. The minimum Gasteiger partial charge on any atom is -0.228 e. The van der Waals surface area contributed by atoms with E-state index in [1.54, 1.807) is 0 Å². The zero-order chi connectivity index (χ0) is 39.3. The van der Waals surface area contributed by atoms with E-state index in [9.17, 15) is 0 Å². The topological polar surface area (TPSA) is 51.6 Å². The molecule has 0 spiro atoms. The Kier molecular flexibility index (Phi) is 8.48. The lowest BCUT2D eigenvalue weighted by atomic mass is 9.85. The van der Waals surface area contributed by atoms with Gasteiger partial charge in [-0.15, -0.1) is 0 Å². The van der Waals surface area contributed by atoms with Gasteiger partial charge in [-0.3, -0.25) is 0 Å². The smallest absolute Gasteiger partial charge is 0.160 e. The van der Waals surface area contributed by atoms with E-state index in [0.29, 0.717) is 0 Å². The molecule has 0 radical (unpaired) electrons. The van der Waals surface area contributed by atoms with Gasteiger partial charge in [-0.05, 0) is 91.5 Å². The van der Waals surface area contributed by atoms with Gasteiger partial charge in [0.1, 0.15) is 0 Å². The van der Waals surface area contributed by atoms with E-state index in [2.05, 4.69) is 201 Å². The van der Waals surface area contributed by atoms with Crippen molar-refractivity contribution in [2.45, 2.75) is 13.3 Å². The molecule has 4 heteroatoms. The van der Waals surface area contributed by atoms with E-state index in [1.165, 1.54) is 43.8 Å². The van der Waals surface area contributed by atoms with Crippen molar-refractivity contribution in [1.29, 1.82) is 0 Å². The Balaban J connectivity index is 0.994. The van der Waals surface area contributed by atoms with Gasteiger partial charge in [0.05, 0.1) is 22.4 Å². The fourth-order valence-corrected chi connectivity index (χ4v) is 8.82. The van der Waals surface area contributed by atoms with Crippen LogP contribution in [0.5, 0.6) is 0 Å². The molecule has 4 nitrogen and oxygen atoms in total. The number of hydrogen-bond donors (Lipinski definition) is 0. The van der Waals surface area contributed by atoms with Crippen LogP contribution in [0.2, 0.25) is 0 Å². The number of fused-ring (bicyclic) bond motifs is 4. The molecule has 10 aromatic rings. The largest absolute Gasteiger partial charge is 0.228 e. The minimum atomic E-state index is 0.163. The molecule has 0 amide bonds. The molecule has 278 valence electrons. The van der Waals surface area contributed by atoms with Crippen molar-refractivity contribution < 1.29 is 0 Å². The van der Waals surface area contributed by atoms with Crippen molar-refractivity contribution in [2.24, 2.45) is 5.92 Å². The van der Waals surface area contributed by atoms with E-state index in [-0.39, 0.29) is 5.92 Å². The summed E-state index contributed by atoms with van der Waals surface area (Å²) in [5.74, 6) is 1.64. The summed E-state index contributed by atoms with van der Waals surface area (Å²) >= 11 is 0. The second kappa shape index (κ2) is 14.4. The predicted octanol–water partition coefficient (Wildman–Crippen LogP) is 14.1. The lowest BCUT2D eigenvalue weighted by Gasteiger charge is -2.23. The SMILES string of the molecule is CC1CC(c2nc(-c3cccc(-c4cccc5ccccc45)c3)c3ccccc3n2)=CC=C1c1nc(-c2cccc(-c3cccc4ccccc34)c2)nc2ccccc12. The Bertz CT molecular complexity index is 3330. The van der Waals surface area contributed by atoms with Gasteiger partial charge in [-0.2, -0.15) is 0 Å². The van der Waals surface area contributed by atoms with Crippen molar-refractivity contribution in [1.82, 2.24) is 19.9 Å². The van der Waals surface area contributed by atoms with Crippen molar-refractivity contribution in [3.63, 3.8) is 0 Å². The van der Waals surface area contributed by atoms with Crippen LogP contribution in [0, 0.1) is 5.92 Å². The molecule has 0 fully saturated rings. The Morgan fingerprint density at radius 1 is 0.390 bits per heavy atom. The van der Waals surface area contributed by atoms with Gasteiger partial charge < -0.3 is 0 Å². The van der Waals surface area contributed by atoms with Crippen molar-refractivity contribution in [3.8, 4) is 44.9 Å². The molecule has 0 saturated heterocycles. The maximum Gasteiger partial charge on any atom is 0.160 e. The van der Waals surface area contributed by atoms with E-state index in [1.807, 2.05) is 0 Å². The number of allylic oxidation sites excluding steroid dienone is 4. The molecule has 11 rings (SSSR count). The highest BCUT2D eigenvalue weighted by atomic mass is 14.9.